The van der Waals surface area contributed by atoms with E-state index in [9.17, 15) is 18.4 Å². The molecule has 1 aliphatic heterocycles. The van der Waals surface area contributed by atoms with Crippen LogP contribution in [-0.2, 0) is 9.59 Å². The zero-order chi connectivity index (χ0) is 14.6. The minimum absolute atomic E-state index is 0.0284. The van der Waals surface area contributed by atoms with Crippen molar-refractivity contribution in [2.75, 3.05) is 13.6 Å². The van der Waals surface area contributed by atoms with Crippen LogP contribution >= 0.6 is 0 Å². The maximum absolute atomic E-state index is 13.2. The normalized spacial score (nSPS) is 22.9. The minimum atomic E-state index is -3.00. The van der Waals surface area contributed by atoms with Crippen LogP contribution in [0.1, 0.15) is 26.2 Å². The molecule has 106 valence electrons. The lowest BCUT2D eigenvalue weighted by Crippen LogP contribution is -2.38. The van der Waals surface area contributed by atoms with E-state index >= 15 is 0 Å². The summed E-state index contributed by atoms with van der Waals surface area (Å²) in [6, 6.07) is 0.176. The Labute approximate surface area is 110 Å². The summed E-state index contributed by atoms with van der Waals surface area (Å²) >= 11 is 0. The van der Waals surface area contributed by atoms with Gasteiger partial charge in [-0.15, -0.1) is 0 Å². The number of Topliss-reactive ketones (excluding diaryl/α,β-unsaturated/α-hetero) is 1. The molecule has 0 bridgehead atoms. The van der Waals surface area contributed by atoms with Crippen LogP contribution in [0.5, 0.6) is 0 Å². The predicted molar refractivity (Wildman–Crippen MR) is 63.4 cm³/mol. The monoisotopic (exact) mass is 273 g/mol. The van der Waals surface area contributed by atoms with Gasteiger partial charge in [0.05, 0.1) is 18.7 Å². The number of nitrogens with one attached hydrogen (secondary N) is 1. The fraction of sp³-hybridized carbons (Fsp3) is 0.750. The summed E-state index contributed by atoms with van der Waals surface area (Å²) in [7, 11) is 1.60. The Morgan fingerprint density at radius 1 is 1.58 bits per heavy atom. The van der Waals surface area contributed by atoms with Crippen molar-refractivity contribution in [2.24, 2.45) is 0 Å². The molecule has 1 N–H and O–H groups in total. The van der Waals surface area contributed by atoms with Crippen molar-refractivity contribution in [3.05, 3.63) is 0 Å². The number of nitriles is 1. The third kappa shape index (κ3) is 3.96. The van der Waals surface area contributed by atoms with Crippen LogP contribution in [0.4, 0.5) is 8.78 Å². The number of nitrogens with zero attached hydrogens (tertiary/aromatic N) is 2. The number of likely N-dealkylation sites (tertiary alicyclic amines) is 1. The van der Waals surface area contributed by atoms with Crippen LogP contribution in [0.3, 0.4) is 0 Å². The van der Waals surface area contributed by atoms with Gasteiger partial charge in [0, 0.05) is 12.8 Å². The van der Waals surface area contributed by atoms with Gasteiger partial charge in [0.25, 0.3) is 5.92 Å². The predicted octanol–water partition coefficient (Wildman–Crippen LogP) is 0.703. The molecule has 1 saturated heterocycles. The molecule has 0 saturated carbocycles. The van der Waals surface area contributed by atoms with Gasteiger partial charge in [-0.3, -0.25) is 9.59 Å². The first kappa shape index (κ1) is 15.5. The number of alkyl halides is 2. The Kier molecular flexibility index (Phi) is 4.95. The molecule has 1 amide bonds. The van der Waals surface area contributed by atoms with Crippen LogP contribution in [-0.4, -0.2) is 48.2 Å². The van der Waals surface area contributed by atoms with Gasteiger partial charge in [0.2, 0.25) is 5.91 Å². The average molecular weight is 273 g/mol. The molecule has 7 heteroatoms. The van der Waals surface area contributed by atoms with Crippen LogP contribution in [0.2, 0.25) is 0 Å². The van der Waals surface area contributed by atoms with E-state index in [1.807, 2.05) is 0 Å². The van der Waals surface area contributed by atoms with Crippen LogP contribution in [0, 0.1) is 11.3 Å². The quantitative estimate of drug-likeness (QED) is 0.800. The molecule has 1 rings (SSSR count). The Morgan fingerprint density at radius 2 is 2.21 bits per heavy atom. The Bertz CT molecular complexity index is 406. The zero-order valence-corrected chi connectivity index (χ0v) is 10.9. The summed E-state index contributed by atoms with van der Waals surface area (Å²) in [5.74, 6) is -3.62. The van der Waals surface area contributed by atoms with Crippen molar-refractivity contribution in [1.29, 1.82) is 5.26 Å². The molecule has 0 aromatic rings. The maximum atomic E-state index is 13.2. The summed E-state index contributed by atoms with van der Waals surface area (Å²) in [4.78, 5) is 23.9. The molecule has 1 fully saturated rings. The van der Waals surface area contributed by atoms with Gasteiger partial charge in [-0.05, 0) is 20.4 Å². The first-order chi connectivity index (χ1) is 8.80. The second-order valence-corrected chi connectivity index (χ2v) is 4.72. The standard InChI is InChI=1S/C12H17F2N3O2/c1-8(18)10(16-2)3-4-11(19)17-7-12(13,14)5-9(17)6-15/h9-10,16H,3-5,7H2,1-2H3. The fourth-order valence-corrected chi connectivity index (χ4v) is 2.16. The first-order valence-corrected chi connectivity index (χ1v) is 6.05. The van der Waals surface area contributed by atoms with E-state index in [0.29, 0.717) is 0 Å². The van der Waals surface area contributed by atoms with E-state index in [4.69, 9.17) is 5.26 Å². The Morgan fingerprint density at radius 3 is 2.68 bits per heavy atom. The molecular weight excluding hydrogens is 256 g/mol. The van der Waals surface area contributed by atoms with Gasteiger partial charge < -0.3 is 10.2 Å². The van der Waals surface area contributed by atoms with Gasteiger partial charge in [-0.2, -0.15) is 5.26 Å². The highest BCUT2D eigenvalue weighted by Crippen LogP contribution is 2.32. The topological polar surface area (TPSA) is 73.2 Å². The number of rotatable bonds is 5. The van der Waals surface area contributed by atoms with Gasteiger partial charge in [0.15, 0.2) is 0 Å². The van der Waals surface area contributed by atoms with Crippen LogP contribution in [0.25, 0.3) is 0 Å². The largest absolute Gasteiger partial charge is 0.320 e. The third-order valence-corrected chi connectivity index (χ3v) is 3.23. The summed E-state index contributed by atoms with van der Waals surface area (Å²) in [5, 5.41) is 11.5. The van der Waals surface area contributed by atoms with E-state index in [0.717, 1.165) is 4.90 Å². The summed E-state index contributed by atoms with van der Waals surface area (Å²) in [5.41, 5.74) is 0. The Hall–Kier alpha value is -1.55. The highest BCUT2D eigenvalue weighted by atomic mass is 19.3. The lowest BCUT2D eigenvalue weighted by Gasteiger charge is -2.20. The summed E-state index contributed by atoms with van der Waals surface area (Å²) in [6.07, 6.45) is -0.401. The van der Waals surface area contributed by atoms with E-state index in [1.54, 1.807) is 13.1 Å². The van der Waals surface area contributed by atoms with Crippen molar-refractivity contribution < 1.29 is 18.4 Å². The smallest absolute Gasteiger partial charge is 0.268 e. The Balaban J connectivity index is 2.59. The molecule has 19 heavy (non-hydrogen) atoms. The van der Waals surface area contributed by atoms with Crippen molar-refractivity contribution in [3.8, 4) is 6.07 Å². The van der Waals surface area contributed by atoms with E-state index < -0.39 is 36.9 Å². The fourth-order valence-electron chi connectivity index (χ4n) is 2.16. The van der Waals surface area contributed by atoms with E-state index in [2.05, 4.69) is 5.32 Å². The molecule has 5 nitrogen and oxygen atoms in total. The number of amides is 1. The second-order valence-electron chi connectivity index (χ2n) is 4.72. The average Bonchev–Trinajstić information content (AvgIpc) is 2.64. The lowest BCUT2D eigenvalue weighted by molar-refractivity contribution is -0.132. The summed E-state index contributed by atoms with van der Waals surface area (Å²) < 4.78 is 26.3. The van der Waals surface area contributed by atoms with Gasteiger partial charge >= 0.3 is 0 Å². The minimum Gasteiger partial charge on any atom is -0.320 e. The number of likely N-dealkylation sites (N-methyl/N-ethyl adjacent to an activating group) is 1. The number of ketones is 1. The first-order valence-electron chi connectivity index (χ1n) is 6.05. The third-order valence-electron chi connectivity index (χ3n) is 3.23. The van der Waals surface area contributed by atoms with Gasteiger partial charge in [0.1, 0.15) is 11.8 Å². The number of carbonyl (C=O) groups is 2. The molecule has 0 aliphatic carbocycles. The lowest BCUT2D eigenvalue weighted by atomic mass is 10.1. The molecule has 1 heterocycles. The van der Waals surface area contributed by atoms with E-state index in [-0.39, 0.29) is 18.6 Å². The van der Waals surface area contributed by atoms with Crippen molar-refractivity contribution >= 4 is 11.7 Å². The highest BCUT2D eigenvalue weighted by Gasteiger charge is 2.47. The molecule has 0 aromatic carbocycles. The number of carbonyl (C=O) groups excluding carboxylic acids is 2. The maximum Gasteiger partial charge on any atom is 0.268 e. The molecule has 2 unspecified atom stereocenters. The number of hydrogen-bond acceptors (Lipinski definition) is 4. The van der Waals surface area contributed by atoms with Gasteiger partial charge in [-0.25, -0.2) is 8.78 Å². The summed E-state index contributed by atoms with van der Waals surface area (Å²) in [6.45, 7) is 0.683. The molecule has 1 aliphatic rings. The van der Waals surface area contributed by atoms with E-state index in [1.165, 1.54) is 6.92 Å². The highest BCUT2D eigenvalue weighted by molar-refractivity contribution is 5.83. The number of halogens is 2. The molecular formula is C12H17F2N3O2. The van der Waals surface area contributed by atoms with Crippen molar-refractivity contribution in [3.63, 3.8) is 0 Å². The van der Waals surface area contributed by atoms with Crippen LogP contribution in [0.15, 0.2) is 0 Å². The van der Waals surface area contributed by atoms with Crippen molar-refractivity contribution in [2.45, 2.75) is 44.2 Å². The molecule has 2 atom stereocenters. The SMILES string of the molecule is CNC(CCC(=O)N1CC(F)(F)CC1C#N)C(C)=O. The van der Waals surface area contributed by atoms with Crippen molar-refractivity contribution in [1.82, 2.24) is 10.2 Å². The zero-order valence-electron chi connectivity index (χ0n) is 10.9. The molecule has 0 aromatic heterocycles. The molecule has 0 radical (unpaired) electrons. The van der Waals surface area contributed by atoms with Gasteiger partial charge in [-0.1, -0.05) is 0 Å². The molecule has 0 spiro atoms. The number of hydrogen-bond donors (Lipinski definition) is 1. The second kappa shape index (κ2) is 6.06. The van der Waals surface area contributed by atoms with Crippen LogP contribution < -0.4 is 5.32 Å².